The van der Waals surface area contributed by atoms with Crippen molar-refractivity contribution in [3.05, 3.63) is 30.1 Å². The Labute approximate surface area is 104 Å². The smallest absolute Gasteiger partial charge is 0.305 e. The van der Waals surface area contributed by atoms with Crippen LogP contribution in [0.25, 0.3) is 0 Å². The van der Waals surface area contributed by atoms with Crippen LogP contribution in [-0.4, -0.2) is 36.5 Å². The van der Waals surface area contributed by atoms with Gasteiger partial charge in [0.2, 0.25) is 0 Å². The molecule has 1 aromatic carbocycles. The molecule has 100 valence electrons. The average molecular weight is 276 g/mol. The van der Waals surface area contributed by atoms with Crippen LogP contribution in [0.1, 0.15) is 12.8 Å². The number of halogens is 1. The van der Waals surface area contributed by atoms with Gasteiger partial charge in [0.1, 0.15) is 5.82 Å². The number of hydrogen-bond donors (Lipinski definition) is 2. The summed E-state index contributed by atoms with van der Waals surface area (Å²) in [6, 6.07) is 4.32. The van der Waals surface area contributed by atoms with E-state index in [0.29, 0.717) is 0 Å². The van der Waals surface area contributed by atoms with Gasteiger partial charge in [-0.1, -0.05) is 0 Å². The van der Waals surface area contributed by atoms with Gasteiger partial charge >= 0.3 is 5.97 Å². The van der Waals surface area contributed by atoms with Gasteiger partial charge in [0.25, 0.3) is 0 Å². The fourth-order valence-electron chi connectivity index (χ4n) is 1.35. The fraction of sp³-hybridized carbons (Fsp3) is 0.364. The number of carboxylic acids is 1. The molecule has 0 spiro atoms. The molecule has 0 aliphatic rings. The van der Waals surface area contributed by atoms with Crippen molar-refractivity contribution in [1.29, 1.82) is 0 Å². The lowest BCUT2D eigenvalue weighted by molar-refractivity contribution is -0.139. The van der Waals surface area contributed by atoms with E-state index in [1.807, 2.05) is 0 Å². The van der Waals surface area contributed by atoms with E-state index in [4.69, 9.17) is 5.11 Å². The summed E-state index contributed by atoms with van der Waals surface area (Å²) in [5.74, 6) is -2.12. The number of benzene rings is 1. The quantitative estimate of drug-likeness (QED) is 0.751. The molecule has 0 amide bonds. The molecule has 1 aromatic rings. The summed E-state index contributed by atoms with van der Waals surface area (Å²) in [6.45, 7) is 0. The highest BCUT2D eigenvalue weighted by atomic mass is 32.2. The molecular weight excluding hydrogens is 263 g/mol. The van der Waals surface area contributed by atoms with Crippen molar-refractivity contribution in [3.63, 3.8) is 0 Å². The molecule has 5 nitrogen and oxygen atoms in total. The number of aliphatic carboxylic acids is 1. The number of carboxylic acid groups (broad SMARTS) is 1. The minimum atomic E-state index is -3.63. The van der Waals surface area contributed by atoms with E-state index in [1.165, 1.54) is 0 Å². The zero-order chi connectivity index (χ0) is 13.8. The Kier molecular flexibility index (Phi) is 4.80. The van der Waals surface area contributed by atoms with Crippen molar-refractivity contribution in [3.8, 4) is 0 Å². The monoisotopic (exact) mass is 276 g/mol. The second-order valence-corrected chi connectivity index (χ2v) is 5.92. The zero-order valence-electron chi connectivity index (χ0n) is 9.41. The van der Waals surface area contributed by atoms with E-state index in [0.717, 1.165) is 24.3 Å². The second-order valence-electron chi connectivity index (χ2n) is 3.81. The summed E-state index contributed by atoms with van der Waals surface area (Å²) in [4.78, 5) is 10.2. The number of hydrogen-bond acceptors (Lipinski definition) is 4. The first-order valence-electron chi connectivity index (χ1n) is 5.19. The van der Waals surface area contributed by atoms with Crippen LogP contribution in [0.4, 0.5) is 4.39 Å². The van der Waals surface area contributed by atoms with Crippen LogP contribution in [-0.2, 0) is 14.6 Å². The van der Waals surface area contributed by atoms with E-state index >= 15 is 0 Å². The lowest BCUT2D eigenvalue weighted by atomic mass is 10.2. The van der Waals surface area contributed by atoms with Crippen molar-refractivity contribution in [2.45, 2.75) is 23.8 Å². The Morgan fingerprint density at radius 2 is 1.83 bits per heavy atom. The third kappa shape index (κ3) is 4.42. The fourth-order valence-corrected chi connectivity index (χ4v) is 2.72. The van der Waals surface area contributed by atoms with Crippen LogP contribution in [0.3, 0.4) is 0 Å². The summed E-state index contributed by atoms with van der Waals surface area (Å²) in [7, 11) is -3.63. The van der Waals surface area contributed by atoms with Crippen LogP contribution in [0, 0.1) is 5.82 Å². The van der Waals surface area contributed by atoms with E-state index in [1.54, 1.807) is 0 Å². The van der Waals surface area contributed by atoms with Gasteiger partial charge < -0.3 is 10.2 Å². The molecule has 0 saturated carbocycles. The Hall–Kier alpha value is -1.47. The highest BCUT2D eigenvalue weighted by Crippen LogP contribution is 2.14. The summed E-state index contributed by atoms with van der Waals surface area (Å²) in [5, 5.41) is 17.7. The molecular formula is C11H13FO5S. The highest BCUT2D eigenvalue weighted by Gasteiger charge is 2.18. The molecule has 0 aliphatic carbocycles. The van der Waals surface area contributed by atoms with E-state index < -0.39 is 34.1 Å². The maximum Gasteiger partial charge on any atom is 0.305 e. The van der Waals surface area contributed by atoms with Crippen molar-refractivity contribution < 1.29 is 27.8 Å². The lowest BCUT2D eigenvalue weighted by Crippen LogP contribution is -2.18. The molecule has 1 rings (SSSR count). The topological polar surface area (TPSA) is 91.7 Å². The van der Waals surface area contributed by atoms with Gasteiger partial charge in [-0.2, -0.15) is 0 Å². The highest BCUT2D eigenvalue weighted by molar-refractivity contribution is 7.91. The molecule has 0 fully saturated rings. The van der Waals surface area contributed by atoms with Crippen molar-refractivity contribution in [2.24, 2.45) is 0 Å². The zero-order valence-corrected chi connectivity index (χ0v) is 10.2. The van der Waals surface area contributed by atoms with Crippen molar-refractivity contribution >= 4 is 15.8 Å². The molecule has 0 saturated heterocycles. The predicted octanol–water partition coefficient (Wildman–Crippen LogP) is 0.825. The molecule has 0 heterocycles. The minimum absolute atomic E-state index is 0.0496. The number of rotatable bonds is 6. The SMILES string of the molecule is O=C(O)CC(O)CCS(=O)(=O)c1ccc(F)cc1. The number of carbonyl (C=O) groups is 1. The van der Waals surface area contributed by atoms with Crippen LogP contribution >= 0.6 is 0 Å². The second kappa shape index (κ2) is 5.92. The van der Waals surface area contributed by atoms with Crippen molar-refractivity contribution in [1.82, 2.24) is 0 Å². The molecule has 7 heteroatoms. The summed E-state index contributed by atoms with van der Waals surface area (Å²) < 4.78 is 36.1. The summed E-state index contributed by atoms with van der Waals surface area (Å²) in [5.41, 5.74) is 0. The molecule has 18 heavy (non-hydrogen) atoms. The van der Waals surface area contributed by atoms with Gasteiger partial charge in [0.15, 0.2) is 9.84 Å². The van der Waals surface area contributed by atoms with Gasteiger partial charge in [-0.05, 0) is 30.7 Å². The number of sulfone groups is 1. The predicted molar refractivity (Wildman–Crippen MR) is 61.3 cm³/mol. The molecule has 0 bridgehead atoms. The first-order chi connectivity index (χ1) is 8.31. The van der Waals surface area contributed by atoms with E-state index in [9.17, 15) is 22.7 Å². The minimum Gasteiger partial charge on any atom is -0.481 e. The largest absolute Gasteiger partial charge is 0.481 e. The Morgan fingerprint density at radius 1 is 1.28 bits per heavy atom. The van der Waals surface area contributed by atoms with Gasteiger partial charge in [-0.15, -0.1) is 0 Å². The molecule has 0 aromatic heterocycles. The number of aliphatic hydroxyl groups is 1. The van der Waals surface area contributed by atoms with Gasteiger partial charge in [-0.25, -0.2) is 12.8 Å². The van der Waals surface area contributed by atoms with Crippen molar-refractivity contribution in [2.75, 3.05) is 5.75 Å². The van der Waals surface area contributed by atoms with Crippen LogP contribution in [0.5, 0.6) is 0 Å². The van der Waals surface area contributed by atoms with Gasteiger partial charge in [0.05, 0.1) is 23.2 Å². The Balaban J connectivity index is 2.65. The maximum absolute atomic E-state index is 12.6. The first kappa shape index (κ1) is 14.6. The maximum atomic E-state index is 12.6. The molecule has 1 atom stereocenters. The van der Waals surface area contributed by atoms with E-state index in [-0.39, 0.29) is 17.1 Å². The van der Waals surface area contributed by atoms with Gasteiger partial charge in [-0.3, -0.25) is 4.79 Å². The number of aliphatic hydroxyl groups excluding tert-OH is 1. The lowest BCUT2D eigenvalue weighted by Gasteiger charge is -2.08. The molecule has 0 aliphatic heterocycles. The van der Waals surface area contributed by atoms with Gasteiger partial charge in [0, 0.05) is 0 Å². The third-order valence-electron chi connectivity index (χ3n) is 2.30. The van der Waals surface area contributed by atoms with Crippen LogP contribution in [0.2, 0.25) is 0 Å². The average Bonchev–Trinajstić information content (AvgIpc) is 2.26. The molecule has 2 N–H and O–H groups in total. The molecule has 0 radical (unpaired) electrons. The first-order valence-corrected chi connectivity index (χ1v) is 6.84. The Bertz CT molecular complexity index is 509. The molecule has 1 unspecified atom stereocenters. The Morgan fingerprint density at radius 3 is 2.33 bits per heavy atom. The van der Waals surface area contributed by atoms with Crippen LogP contribution < -0.4 is 0 Å². The van der Waals surface area contributed by atoms with E-state index in [2.05, 4.69) is 0 Å². The third-order valence-corrected chi connectivity index (χ3v) is 4.07. The standard InChI is InChI=1S/C11H13FO5S/c12-8-1-3-10(4-2-8)18(16,17)6-5-9(13)7-11(14)15/h1-4,9,13H,5-7H2,(H,14,15). The van der Waals surface area contributed by atoms with Crippen LogP contribution in [0.15, 0.2) is 29.2 Å². The normalized spacial score (nSPS) is 13.2. The summed E-state index contributed by atoms with van der Waals surface area (Å²) >= 11 is 0. The summed E-state index contributed by atoms with van der Waals surface area (Å²) in [6.07, 6.45) is -1.89.